The van der Waals surface area contributed by atoms with E-state index in [1.165, 1.54) is 13.2 Å². The van der Waals surface area contributed by atoms with Crippen LogP contribution in [0.25, 0.3) is 22.8 Å². The number of H-pyrrole nitrogens is 1. The van der Waals surface area contributed by atoms with E-state index in [1.807, 2.05) is 0 Å². The molecule has 20 heavy (non-hydrogen) atoms. The van der Waals surface area contributed by atoms with E-state index in [2.05, 4.69) is 19.9 Å². The van der Waals surface area contributed by atoms with E-state index < -0.39 is 0 Å². The largest absolute Gasteiger partial charge is 0.467 e. The molecule has 0 aliphatic heterocycles. The van der Waals surface area contributed by atoms with Gasteiger partial charge in [0.05, 0.1) is 30.3 Å². The number of halogens is 1. The molecule has 0 saturated carbocycles. The van der Waals surface area contributed by atoms with Crippen LogP contribution in [0.2, 0.25) is 0 Å². The molecule has 0 atom stereocenters. The van der Waals surface area contributed by atoms with Gasteiger partial charge in [0.1, 0.15) is 11.6 Å². The van der Waals surface area contributed by atoms with Gasteiger partial charge < -0.3 is 9.72 Å². The van der Waals surface area contributed by atoms with E-state index in [0.717, 1.165) is 0 Å². The van der Waals surface area contributed by atoms with Crippen LogP contribution >= 0.6 is 0 Å². The Balaban J connectivity index is 2.00. The van der Waals surface area contributed by atoms with Crippen molar-refractivity contribution in [1.82, 2.24) is 19.9 Å². The van der Waals surface area contributed by atoms with Gasteiger partial charge in [0.15, 0.2) is 0 Å². The quantitative estimate of drug-likeness (QED) is 0.794. The number of aromatic amines is 1. The summed E-state index contributed by atoms with van der Waals surface area (Å²) in [5.74, 6) is 0.129. The van der Waals surface area contributed by atoms with E-state index in [9.17, 15) is 4.39 Å². The van der Waals surface area contributed by atoms with Gasteiger partial charge in [-0.05, 0) is 18.2 Å². The first kappa shape index (κ1) is 12.3. The Kier molecular flexibility index (Phi) is 3.12. The average molecular weight is 270 g/mol. The third-order valence-electron chi connectivity index (χ3n) is 2.80. The van der Waals surface area contributed by atoms with Crippen LogP contribution in [0.1, 0.15) is 0 Å². The van der Waals surface area contributed by atoms with E-state index in [0.29, 0.717) is 22.8 Å². The number of methoxy groups -OCH3 is 1. The Labute approximate surface area is 114 Å². The molecule has 0 saturated heterocycles. The van der Waals surface area contributed by atoms with Crippen LogP contribution < -0.4 is 4.74 Å². The van der Waals surface area contributed by atoms with E-state index in [4.69, 9.17) is 4.74 Å². The summed E-state index contributed by atoms with van der Waals surface area (Å²) in [7, 11) is 1.50. The highest BCUT2D eigenvalue weighted by atomic mass is 19.1. The van der Waals surface area contributed by atoms with Crippen molar-refractivity contribution in [3.8, 4) is 28.8 Å². The molecular formula is C14H11FN4O. The summed E-state index contributed by atoms with van der Waals surface area (Å²) in [6.45, 7) is 0. The topological polar surface area (TPSA) is 63.7 Å². The van der Waals surface area contributed by atoms with Gasteiger partial charge in [-0.3, -0.25) is 0 Å². The third-order valence-corrected chi connectivity index (χ3v) is 2.80. The number of nitrogens with zero attached hydrogens (tertiary/aromatic N) is 3. The van der Waals surface area contributed by atoms with Crippen molar-refractivity contribution in [2.75, 3.05) is 7.11 Å². The predicted octanol–water partition coefficient (Wildman–Crippen LogP) is 2.68. The zero-order valence-corrected chi connectivity index (χ0v) is 10.7. The van der Waals surface area contributed by atoms with Crippen LogP contribution in [0, 0.1) is 5.82 Å². The molecule has 0 bridgehead atoms. The van der Waals surface area contributed by atoms with E-state index in [1.54, 1.807) is 36.7 Å². The molecule has 0 aliphatic rings. The van der Waals surface area contributed by atoms with Gasteiger partial charge in [-0.25, -0.2) is 14.4 Å². The molecule has 0 unspecified atom stereocenters. The van der Waals surface area contributed by atoms with Crippen molar-refractivity contribution in [1.29, 1.82) is 0 Å². The first-order valence-electron chi connectivity index (χ1n) is 5.95. The maximum atomic E-state index is 13.7. The molecule has 0 spiro atoms. The second-order valence-corrected chi connectivity index (χ2v) is 4.05. The minimum absolute atomic E-state index is 0.268. The normalized spacial score (nSPS) is 10.5. The number of hydrogen-bond donors (Lipinski definition) is 1. The lowest BCUT2D eigenvalue weighted by Gasteiger charge is -2.00. The molecule has 6 heteroatoms. The van der Waals surface area contributed by atoms with Crippen molar-refractivity contribution in [3.05, 3.63) is 48.5 Å². The second kappa shape index (κ2) is 5.08. The Morgan fingerprint density at radius 3 is 2.80 bits per heavy atom. The van der Waals surface area contributed by atoms with Crippen molar-refractivity contribution in [3.63, 3.8) is 0 Å². The van der Waals surface area contributed by atoms with Gasteiger partial charge >= 0.3 is 6.01 Å². The summed E-state index contributed by atoms with van der Waals surface area (Å²) < 4.78 is 18.7. The molecular weight excluding hydrogens is 259 g/mol. The number of hydrogen-bond acceptors (Lipinski definition) is 4. The number of nitrogens with one attached hydrogen (secondary N) is 1. The van der Waals surface area contributed by atoms with Gasteiger partial charge in [0.25, 0.3) is 0 Å². The Hall–Kier alpha value is -2.76. The summed E-state index contributed by atoms with van der Waals surface area (Å²) in [5.41, 5.74) is 1.72. The predicted molar refractivity (Wildman–Crippen MR) is 71.6 cm³/mol. The summed E-state index contributed by atoms with van der Waals surface area (Å²) in [4.78, 5) is 15.4. The molecule has 1 aromatic carbocycles. The van der Waals surface area contributed by atoms with Crippen molar-refractivity contribution in [2.45, 2.75) is 0 Å². The number of aromatic nitrogens is 4. The molecule has 0 aliphatic carbocycles. The second-order valence-electron chi connectivity index (χ2n) is 4.05. The fraction of sp³-hybridized carbons (Fsp3) is 0.0714. The minimum atomic E-state index is -0.325. The molecule has 5 nitrogen and oxygen atoms in total. The van der Waals surface area contributed by atoms with Gasteiger partial charge in [-0.2, -0.15) is 4.98 Å². The fourth-order valence-corrected chi connectivity index (χ4v) is 1.83. The summed E-state index contributed by atoms with van der Waals surface area (Å²) in [6, 6.07) is 8.45. The average Bonchev–Trinajstić information content (AvgIpc) is 2.97. The SMILES string of the molecule is COc1nccc(-c2cnc(-c3ccccc3F)[nH]2)n1. The lowest BCUT2D eigenvalue weighted by atomic mass is 10.2. The van der Waals surface area contributed by atoms with Crippen LogP contribution in [-0.2, 0) is 0 Å². The molecule has 0 radical (unpaired) electrons. The number of ether oxygens (including phenoxy) is 1. The van der Waals surface area contributed by atoms with Gasteiger partial charge in [-0.1, -0.05) is 12.1 Å². The highest BCUT2D eigenvalue weighted by molar-refractivity contribution is 5.62. The number of imidazole rings is 1. The van der Waals surface area contributed by atoms with Crippen LogP contribution in [0.4, 0.5) is 4.39 Å². The molecule has 100 valence electrons. The highest BCUT2D eigenvalue weighted by Gasteiger charge is 2.10. The van der Waals surface area contributed by atoms with Crippen LogP contribution in [-0.4, -0.2) is 27.0 Å². The molecule has 3 rings (SSSR count). The van der Waals surface area contributed by atoms with Crippen molar-refractivity contribution >= 4 is 0 Å². The van der Waals surface area contributed by atoms with Gasteiger partial charge in [0, 0.05) is 6.20 Å². The van der Waals surface area contributed by atoms with E-state index in [-0.39, 0.29) is 11.8 Å². The first-order chi connectivity index (χ1) is 9.78. The number of benzene rings is 1. The Morgan fingerprint density at radius 1 is 1.15 bits per heavy atom. The van der Waals surface area contributed by atoms with Gasteiger partial charge in [0.2, 0.25) is 0 Å². The molecule has 2 heterocycles. The zero-order chi connectivity index (χ0) is 13.9. The standard InChI is InChI=1S/C14H11FN4O/c1-20-14-16-7-6-11(19-14)12-8-17-13(18-12)9-4-2-3-5-10(9)15/h2-8H,1H3,(H,17,18). The lowest BCUT2D eigenvalue weighted by molar-refractivity contribution is 0.380. The first-order valence-corrected chi connectivity index (χ1v) is 5.95. The van der Waals surface area contributed by atoms with Crippen molar-refractivity contribution < 1.29 is 9.13 Å². The van der Waals surface area contributed by atoms with Crippen LogP contribution in [0.15, 0.2) is 42.7 Å². The smallest absolute Gasteiger partial charge is 0.316 e. The van der Waals surface area contributed by atoms with Crippen molar-refractivity contribution in [2.24, 2.45) is 0 Å². The molecule has 2 aromatic heterocycles. The van der Waals surface area contributed by atoms with Crippen LogP contribution in [0.3, 0.4) is 0 Å². The molecule has 1 N–H and O–H groups in total. The highest BCUT2D eigenvalue weighted by Crippen LogP contribution is 2.23. The zero-order valence-electron chi connectivity index (χ0n) is 10.7. The lowest BCUT2D eigenvalue weighted by Crippen LogP contribution is -1.93. The molecule has 0 fully saturated rings. The minimum Gasteiger partial charge on any atom is -0.467 e. The Morgan fingerprint density at radius 2 is 2.00 bits per heavy atom. The van der Waals surface area contributed by atoms with Gasteiger partial charge in [-0.15, -0.1) is 0 Å². The summed E-state index contributed by atoms with van der Waals surface area (Å²) in [5, 5.41) is 0. The van der Waals surface area contributed by atoms with E-state index >= 15 is 0 Å². The fourth-order valence-electron chi connectivity index (χ4n) is 1.83. The molecule has 0 amide bonds. The van der Waals surface area contributed by atoms with Crippen LogP contribution in [0.5, 0.6) is 6.01 Å². The Bertz CT molecular complexity index is 741. The maximum absolute atomic E-state index is 13.7. The summed E-state index contributed by atoms with van der Waals surface area (Å²) >= 11 is 0. The molecule has 3 aromatic rings. The maximum Gasteiger partial charge on any atom is 0.316 e. The summed E-state index contributed by atoms with van der Waals surface area (Å²) in [6.07, 6.45) is 3.19. The third kappa shape index (κ3) is 2.23. The monoisotopic (exact) mass is 270 g/mol. The number of rotatable bonds is 3.